The Morgan fingerprint density at radius 3 is 1.38 bits per heavy atom. The summed E-state index contributed by atoms with van der Waals surface area (Å²) in [4.78, 5) is 134. The van der Waals surface area contributed by atoms with Gasteiger partial charge in [0.05, 0.1) is 72.8 Å². The Bertz CT molecular complexity index is 4210. The largest absolute Gasteiger partial charge is 0.476 e. The van der Waals surface area contributed by atoms with E-state index in [2.05, 4.69) is 67.2 Å². The molecule has 0 unspecified atom stereocenters. The third-order valence-electron chi connectivity index (χ3n) is 11.7. The third-order valence-corrected chi connectivity index (χ3v) is 12.3. The van der Waals surface area contributed by atoms with Crippen LogP contribution in [0.15, 0.2) is 162 Å². The van der Waals surface area contributed by atoms with Crippen LogP contribution < -0.4 is 49.8 Å². The predicted molar refractivity (Wildman–Crippen MR) is 367 cm³/mol. The van der Waals surface area contributed by atoms with Crippen LogP contribution in [0.1, 0.15) is 78.6 Å². The van der Waals surface area contributed by atoms with Crippen molar-refractivity contribution in [1.29, 1.82) is 0 Å². The van der Waals surface area contributed by atoms with E-state index in [1.165, 1.54) is 104 Å². The number of nitrogens with one attached hydrogen (secondary N) is 2. The van der Waals surface area contributed by atoms with Gasteiger partial charge in [-0.05, 0) is 62.0 Å². The molecular weight excluding hydrogens is 1310 g/mol. The van der Waals surface area contributed by atoms with Gasteiger partial charge in [-0.2, -0.15) is 9.61 Å². The molecule has 0 spiro atoms. The lowest BCUT2D eigenvalue weighted by Crippen LogP contribution is -2.24. The monoisotopic (exact) mass is 1380 g/mol. The fourth-order valence-electron chi connectivity index (χ4n) is 7.01. The van der Waals surface area contributed by atoms with Gasteiger partial charge in [-0.3, -0.25) is 42.7 Å². The van der Waals surface area contributed by atoms with Gasteiger partial charge >= 0.3 is 5.97 Å². The van der Waals surface area contributed by atoms with Crippen molar-refractivity contribution in [2.45, 2.75) is 27.3 Å². The number of hydrogen-bond acceptors (Lipinski definition) is 23. The topological polar surface area (TPSA) is 445 Å². The minimum atomic E-state index is -1.11. The molecule has 0 aliphatic carbocycles. The number of fused-ring (bicyclic) bond motifs is 1. The highest BCUT2D eigenvalue weighted by molar-refractivity contribution is 6.30. The van der Waals surface area contributed by atoms with Crippen molar-refractivity contribution in [1.82, 2.24) is 88.6 Å². The number of carboxylic acid groups (broad SMARTS) is 1. The van der Waals surface area contributed by atoms with E-state index in [0.29, 0.717) is 29.5 Å². The molecule has 9 aromatic heterocycles. The Balaban J connectivity index is 0.000000303. The zero-order valence-corrected chi connectivity index (χ0v) is 55.0. The third kappa shape index (κ3) is 24.1. The highest BCUT2D eigenvalue weighted by atomic mass is 35.5. The molecule has 1 aromatic carbocycles. The maximum absolute atomic E-state index is 11.8. The van der Waals surface area contributed by atoms with Gasteiger partial charge in [-0.15, -0.1) is 0 Å². The van der Waals surface area contributed by atoms with Crippen molar-refractivity contribution >= 4 is 92.9 Å². The van der Waals surface area contributed by atoms with Crippen molar-refractivity contribution < 1.29 is 29.1 Å². The number of pyridine rings is 3. The summed E-state index contributed by atoms with van der Waals surface area (Å²) < 4.78 is 4.10. The van der Waals surface area contributed by atoms with E-state index in [1.807, 2.05) is 49.3 Å². The van der Waals surface area contributed by atoms with Crippen molar-refractivity contribution in [2.75, 3.05) is 85.0 Å². The molecule has 96 heavy (non-hydrogen) atoms. The van der Waals surface area contributed by atoms with Gasteiger partial charge in [0, 0.05) is 80.5 Å². The lowest BCUT2D eigenvalue weighted by Gasteiger charge is -2.20. The molecule has 0 atom stereocenters. The number of carbonyl (C=O) groups is 5. The number of nitrogen functional groups attached to an aromatic ring is 3. The van der Waals surface area contributed by atoms with E-state index >= 15 is 0 Å². The van der Waals surface area contributed by atoms with E-state index in [0.717, 1.165) is 24.1 Å². The first-order valence-electron chi connectivity index (χ1n) is 27.7. The molecule has 506 valence electrons. The number of H-pyrrole nitrogens is 1. The molecular formula is C61H72Cl3N23O9. The summed E-state index contributed by atoms with van der Waals surface area (Å²) in [6.45, 7) is 3.96. The summed E-state index contributed by atoms with van der Waals surface area (Å²) in [6.07, 6.45) is 17.6. The molecule has 0 saturated heterocycles. The molecule has 10 rings (SSSR count). The summed E-state index contributed by atoms with van der Waals surface area (Å²) in [5.41, 5.74) is 23.5. The Morgan fingerprint density at radius 2 is 1.02 bits per heavy atom. The van der Waals surface area contributed by atoms with Crippen LogP contribution in [0.25, 0.3) is 17.3 Å². The molecule has 32 nitrogen and oxygen atoms in total. The number of carbonyl (C=O) groups excluding carboxylic acids is 4. The Morgan fingerprint density at radius 1 is 0.573 bits per heavy atom. The Labute approximate surface area is 565 Å². The minimum Gasteiger partial charge on any atom is -0.476 e. The summed E-state index contributed by atoms with van der Waals surface area (Å²) >= 11 is 16.9. The molecule has 0 aliphatic rings. The molecule has 11 N–H and O–H groups in total. The van der Waals surface area contributed by atoms with Crippen LogP contribution in [0.5, 0.6) is 0 Å². The number of nitrogens with two attached hydrogens (primary N) is 4. The number of benzene rings is 1. The number of nitrogens with zero attached hydrogens (tertiary/aromatic N) is 17. The summed E-state index contributed by atoms with van der Waals surface area (Å²) in [5.74, 6) is -1.02. The molecule has 0 aliphatic heterocycles. The summed E-state index contributed by atoms with van der Waals surface area (Å²) in [6, 6.07) is 21.2. The second-order valence-corrected chi connectivity index (χ2v) is 20.8. The van der Waals surface area contributed by atoms with Gasteiger partial charge in [-0.25, -0.2) is 49.7 Å². The second-order valence-electron chi connectivity index (χ2n) is 19.6. The zero-order valence-electron chi connectivity index (χ0n) is 52.7. The van der Waals surface area contributed by atoms with Crippen LogP contribution in [0.4, 0.5) is 22.9 Å². The number of carboxylic acids is 1. The maximum atomic E-state index is 11.8. The van der Waals surface area contributed by atoms with Crippen molar-refractivity contribution in [2.24, 2.45) is 5.73 Å². The van der Waals surface area contributed by atoms with Crippen LogP contribution in [0.2, 0.25) is 15.5 Å². The van der Waals surface area contributed by atoms with E-state index in [1.54, 1.807) is 83.3 Å². The number of amides is 4. The fourth-order valence-corrected chi connectivity index (χ4v) is 7.39. The lowest BCUT2D eigenvalue weighted by atomic mass is 10.2. The quantitative estimate of drug-likeness (QED) is 0.0807. The summed E-state index contributed by atoms with van der Waals surface area (Å²) in [5, 5.41) is 16.3. The average Bonchev–Trinajstić information content (AvgIpc) is 1.60. The second kappa shape index (κ2) is 39.1. The highest BCUT2D eigenvalue weighted by Gasteiger charge is 2.18. The minimum absolute atomic E-state index is 0. The van der Waals surface area contributed by atoms with Crippen LogP contribution in [-0.4, -0.2) is 181 Å². The molecule has 10 aromatic rings. The van der Waals surface area contributed by atoms with Crippen molar-refractivity contribution in [3.63, 3.8) is 0 Å². The number of rotatable bonds is 12. The zero-order chi connectivity index (χ0) is 70.5. The van der Waals surface area contributed by atoms with Crippen LogP contribution in [0.3, 0.4) is 0 Å². The first-order valence-corrected chi connectivity index (χ1v) is 28.8. The van der Waals surface area contributed by atoms with Gasteiger partial charge in [0.15, 0.2) is 23.0 Å². The smallest absolute Gasteiger partial charge is 0.356 e. The lowest BCUT2D eigenvalue weighted by molar-refractivity contribution is 0.0688. The van der Waals surface area contributed by atoms with E-state index in [-0.39, 0.29) is 97.0 Å². The Hall–Kier alpha value is -11.6. The molecule has 0 saturated carbocycles. The number of primary amides is 1. The molecule has 0 radical (unpaired) electrons. The number of aromatic nitrogens is 14. The number of aromatic amines is 1. The number of aromatic carboxylic acids is 1. The van der Waals surface area contributed by atoms with Crippen LogP contribution in [0, 0.1) is 0 Å². The molecule has 9 heterocycles. The molecule has 0 fully saturated rings. The van der Waals surface area contributed by atoms with Crippen LogP contribution in [-0.2, 0) is 6.54 Å². The van der Waals surface area contributed by atoms with Gasteiger partial charge in [0.1, 0.15) is 43.9 Å². The van der Waals surface area contributed by atoms with Gasteiger partial charge in [0.25, 0.3) is 40.3 Å². The fraction of sp³-hybridized carbons (Fsp3) is 0.213. The predicted octanol–water partition coefficient (Wildman–Crippen LogP) is 4.81. The maximum Gasteiger partial charge on any atom is 0.356 e. The highest BCUT2D eigenvalue weighted by Crippen LogP contribution is 2.23. The molecule has 4 amide bonds. The van der Waals surface area contributed by atoms with Crippen LogP contribution >= 0.6 is 34.8 Å². The standard InChI is InChI=1S/C15H14ClN5O.2C12H13N5O2.C7H8ClN3O.C5H3ClN2O2.C5H6N2O.C4H11N.CH4/c1-20(9-10-5-3-2-4-6-10)13-7-12(16)19-15-11(14(17)22)8-18-21(13)15;2*1-16(2)12(19)9-6-15-10(7-14-9)17-5-3-4-8(13)11(17)18;1-11(2)7(12)5-3-10-6(8)4-9-5;6-4-2-7-3(1-8-4)5(9)10;6-4-2-1-3-7-5(4)8;1-3-4-5-2;/h2-8H,9H2,1H3,(H2,17,22);2*3-7H,13H2,1-2H3;3-4H,1-2H3;1-2H,(H,9,10);1-3H,6H2,(H,7,8);5H,3-4H2,1-2H3;1H4. The SMILES string of the molecule is C.CCCNC.CN(C)C(=O)c1cnc(-n2cccc(N)c2=O)cn1.CN(C)C(=O)c1cnc(-n2cccc(N)c2=O)cn1.CN(C)C(=O)c1cnc(Cl)cn1.CN(Cc1ccccc1)c1cc(Cl)nc2c(C(N)=O)cnn12.Nc1ccc[nH]c1=O.O=C(O)c1cnc(Cl)cn1. The van der Waals surface area contributed by atoms with Gasteiger partial charge < -0.3 is 57.9 Å². The molecule has 0 bridgehead atoms. The number of hydrogen-bond donors (Lipinski definition) is 7. The number of halogens is 3. The van der Waals surface area contributed by atoms with Gasteiger partial charge in [0.2, 0.25) is 0 Å². The Kier molecular flexibility index (Phi) is 32.0. The van der Waals surface area contributed by atoms with Crippen molar-refractivity contribution in [3.05, 3.63) is 228 Å². The number of anilines is 4. The first-order chi connectivity index (χ1) is 45.1. The van der Waals surface area contributed by atoms with Crippen molar-refractivity contribution in [3.8, 4) is 11.6 Å². The first kappa shape index (κ1) is 78.6. The van der Waals surface area contributed by atoms with E-state index in [9.17, 15) is 38.4 Å². The average molecular weight is 1380 g/mol. The summed E-state index contributed by atoms with van der Waals surface area (Å²) in [7, 11) is 13.7. The normalized spacial score (nSPS) is 9.88. The molecule has 35 heteroatoms. The van der Waals surface area contributed by atoms with Gasteiger partial charge in [-0.1, -0.05) is 79.5 Å². The van der Waals surface area contributed by atoms with E-state index < -0.39 is 11.9 Å². The van der Waals surface area contributed by atoms with E-state index in [4.69, 9.17) is 62.8 Å².